The zero-order valence-electron chi connectivity index (χ0n) is 8.71. The average molecular weight is 283 g/mol. The standard InChI is InChI=1S/C11H13Cl2NO.ClH/c12-8-1-2-11(10(13)7-8)15-9-3-5-14-6-4-9;/h1-2,7,9,14H,3-6H2;1H. The molecule has 90 valence electrons. The van der Waals surface area contributed by atoms with Gasteiger partial charge in [0.25, 0.3) is 0 Å². The first kappa shape index (κ1) is 13.9. The molecule has 0 aliphatic carbocycles. The summed E-state index contributed by atoms with van der Waals surface area (Å²) >= 11 is 11.8. The molecule has 5 heteroatoms. The van der Waals surface area contributed by atoms with E-state index in [1.807, 2.05) is 6.07 Å². The van der Waals surface area contributed by atoms with Gasteiger partial charge in [-0.05, 0) is 44.1 Å². The van der Waals surface area contributed by atoms with E-state index in [0.29, 0.717) is 10.0 Å². The fourth-order valence-corrected chi connectivity index (χ4v) is 2.12. The number of nitrogens with one attached hydrogen (secondary N) is 1. The molecule has 0 spiro atoms. The van der Waals surface area contributed by atoms with Gasteiger partial charge in [-0.1, -0.05) is 23.2 Å². The molecule has 1 fully saturated rings. The molecular formula is C11H14Cl3NO. The van der Waals surface area contributed by atoms with E-state index in [2.05, 4.69) is 5.32 Å². The summed E-state index contributed by atoms with van der Waals surface area (Å²) in [4.78, 5) is 0. The lowest BCUT2D eigenvalue weighted by atomic mass is 10.1. The topological polar surface area (TPSA) is 21.3 Å². The molecule has 0 unspecified atom stereocenters. The van der Waals surface area contributed by atoms with Crippen molar-refractivity contribution < 1.29 is 4.74 Å². The summed E-state index contributed by atoms with van der Waals surface area (Å²) in [6.45, 7) is 2.02. The number of hydrogen-bond donors (Lipinski definition) is 1. The highest BCUT2D eigenvalue weighted by Gasteiger charge is 2.15. The molecule has 1 saturated heterocycles. The first-order valence-electron chi connectivity index (χ1n) is 5.08. The predicted molar refractivity (Wildman–Crippen MR) is 70.2 cm³/mol. The molecule has 0 aromatic heterocycles. The van der Waals surface area contributed by atoms with Crippen LogP contribution in [0.2, 0.25) is 10.0 Å². The van der Waals surface area contributed by atoms with Crippen molar-refractivity contribution in [3.63, 3.8) is 0 Å². The normalized spacial score (nSPS) is 16.6. The molecule has 1 aromatic carbocycles. The number of hydrogen-bond acceptors (Lipinski definition) is 2. The van der Waals surface area contributed by atoms with Crippen LogP contribution >= 0.6 is 35.6 Å². The summed E-state index contributed by atoms with van der Waals surface area (Å²) in [7, 11) is 0. The molecule has 0 saturated carbocycles. The molecule has 1 aliphatic rings. The van der Waals surface area contributed by atoms with Crippen LogP contribution in [0.5, 0.6) is 5.75 Å². The van der Waals surface area contributed by atoms with Gasteiger partial charge < -0.3 is 10.1 Å². The van der Waals surface area contributed by atoms with Crippen molar-refractivity contribution in [2.75, 3.05) is 13.1 Å². The Hall–Kier alpha value is -0.150. The van der Waals surface area contributed by atoms with E-state index in [9.17, 15) is 0 Å². The van der Waals surface area contributed by atoms with Crippen molar-refractivity contribution in [1.82, 2.24) is 5.32 Å². The van der Waals surface area contributed by atoms with Crippen LogP contribution in [-0.2, 0) is 0 Å². The summed E-state index contributed by atoms with van der Waals surface area (Å²) in [6.07, 6.45) is 2.32. The number of benzene rings is 1. The summed E-state index contributed by atoms with van der Waals surface area (Å²) < 4.78 is 5.81. The van der Waals surface area contributed by atoms with Gasteiger partial charge in [0, 0.05) is 5.02 Å². The Morgan fingerprint density at radius 3 is 2.50 bits per heavy atom. The molecule has 16 heavy (non-hydrogen) atoms. The van der Waals surface area contributed by atoms with Crippen molar-refractivity contribution in [2.24, 2.45) is 0 Å². The lowest BCUT2D eigenvalue weighted by molar-refractivity contribution is 0.162. The van der Waals surface area contributed by atoms with Gasteiger partial charge >= 0.3 is 0 Å². The molecule has 2 nitrogen and oxygen atoms in total. The summed E-state index contributed by atoms with van der Waals surface area (Å²) in [5, 5.41) is 4.51. The minimum atomic E-state index is 0. The van der Waals surface area contributed by atoms with Crippen molar-refractivity contribution in [3.05, 3.63) is 28.2 Å². The van der Waals surface area contributed by atoms with Crippen LogP contribution in [0.15, 0.2) is 18.2 Å². The van der Waals surface area contributed by atoms with E-state index in [0.717, 1.165) is 31.7 Å². The fourth-order valence-electron chi connectivity index (χ4n) is 1.66. The van der Waals surface area contributed by atoms with Crippen LogP contribution in [0.4, 0.5) is 0 Å². The summed E-state index contributed by atoms with van der Waals surface area (Å²) in [6, 6.07) is 5.33. The minimum absolute atomic E-state index is 0. The third-order valence-electron chi connectivity index (χ3n) is 2.47. The highest BCUT2D eigenvalue weighted by molar-refractivity contribution is 6.35. The molecule has 1 aromatic rings. The molecule has 0 atom stereocenters. The first-order valence-corrected chi connectivity index (χ1v) is 5.84. The predicted octanol–water partition coefficient (Wildman–Crippen LogP) is 3.55. The van der Waals surface area contributed by atoms with Gasteiger partial charge in [0.05, 0.1) is 5.02 Å². The smallest absolute Gasteiger partial charge is 0.138 e. The highest BCUT2D eigenvalue weighted by atomic mass is 35.5. The molecule has 2 rings (SSSR count). The van der Waals surface area contributed by atoms with Crippen LogP contribution in [0.25, 0.3) is 0 Å². The van der Waals surface area contributed by atoms with E-state index in [-0.39, 0.29) is 18.5 Å². The quantitative estimate of drug-likeness (QED) is 0.896. The second-order valence-electron chi connectivity index (χ2n) is 3.64. The van der Waals surface area contributed by atoms with E-state index >= 15 is 0 Å². The Kier molecular flexibility index (Phi) is 5.70. The van der Waals surface area contributed by atoms with E-state index < -0.39 is 0 Å². The van der Waals surface area contributed by atoms with Crippen LogP contribution in [0, 0.1) is 0 Å². The molecule has 0 bridgehead atoms. The number of rotatable bonds is 2. The molecule has 0 radical (unpaired) electrons. The largest absolute Gasteiger partial charge is 0.489 e. The minimum Gasteiger partial charge on any atom is -0.489 e. The monoisotopic (exact) mass is 281 g/mol. The van der Waals surface area contributed by atoms with Crippen LogP contribution in [-0.4, -0.2) is 19.2 Å². The Labute approximate surface area is 112 Å². The van der Waals surface area contributed by atoms with Gasteiger partial charge in [0.15, 0.2) is 0 Å². The van der Waals surface area contributed by atoms with Crippen molar-refractivity contribution in [2.45, 2.75) is 18.9 Å². The Balaban J connectivity index is 0.00000128. The lowest BCUT2D eigenvalue weighted by Crippen LogP contribution is -2.34. The van der Waals surface area contributed by atoms with Crippen molar-refractivity contribution >= 4 is 35.6 Å². The van der Waals surface area contributed by atoms with Gasteiger partial charge in [-0.2, -0.15) is 0 Å². The van der Waals surface area contributed by atoms with Gasteiger partial charge in [-0.3, -0.25) is 0 Å². The molecule has 1 aliphatic heterocycles. The van der Waals surface area contributed by atoms with Gasteiger partial charge in [0.1, 0.15) is 11.9 Å². The third kappa shape index (κ3) is 3.70. The molecular weight excluding hydrogens is 268 g/mol. The number of piperidine rings is 1. The van der Waals surface area contributed by atoms with Gasteiger partial charge in [-0.15, -0.1) is 12.4 Å². The van der Waals surface area contributed by atoms with Gasteiger partial charge in [0.2, 0.25) is 0 Å². The summed E-state index contributed by atoms with van der Waals surface area (Å²) in [5.41, 5.74) is 0. The molecule has 1 N–H and O–H groups in total. The van der Waals surface area contributed by atoms with Crippen molar-refractivity contribution in [3.8, 4) is 5.75 Å². The molecule has 1 heterocycles. The maximum absolute atomic E-state index is 6.02. The average Bonchev–Trinajstić information content (AvgIpc) is 2.24. The molecule has 0 amide bonds. The second kappa shape index (κ2) is 6.55. The zero-order chi connectivity index (χ0) is 10.7. The summed E-state index contributed by atoms with van der Waals surface area (Å²) in [5.74, 6) is 0.730. The number of ether oxygens (including phenoxy) is 1. The second-order valence-corrected chi connectivity index (χ2v) is 4.49. The highest BCUT2D eigenvalue weighted by Crippen LogP contribution is 2.29. The first-order chi connectivity index (χ1) is 7.25. The van der Waals surface area contributed by atoms with Crippen molar-refractivity contribution in [1.29, 1.82) is 0 Å². The SMILES string of the molecule is Cl.Clc1ccc(OC2CCNCC2)c(Cl)c1. The maximum atomic E-state index is 6.02. The lowest BCUT2D eigenvalue weighted by Gasteiger charge is -2.24. The van der Waals surface area contributed by atoms with Crippen LogP contribution < -0.4 is 10.1 Å². The number of halogens is 3. The van der Waals surface area contributed by atoms with E-state index in [1.54, 1.807) is 12.1 Å². The Morgan fingerprint density at radius 2 is 1.88 bits per heavy atom. The van der Waals surface area contributed by atoms with Crippen LogP contribution in [0.3, 0.4) is 0 Å². The Bertz CT molecular complexity index is 340. The van der Waals surface area contributed by atoms with E-state index in [4.69, 9.17) is 27.9 Å². The fraction of sp³-hybridized carbons (Fsp3) is 0.455. The van der Waals surface area contributed by atoms with E-state index in [1.165, 1.54) is 0 Å². The third-order valence-corrected chi connectivity index (χ3v) is 3.00. The zero-order valence-corrected chi connectivity index (χ0v) is 11.0. The Morgan fingerprint density at radius 1 is 1.19 bits per heavy atom. The maximum Gasteiger partial charge on any atom is 0.138 e. The van der Waals surface area contributed by atoms with Gasteiger partial charge in [-0.25, -0.2) is 0 Å². The van der Waals surface area contributed by atoms with Crippen LogP contribution in [0.1, 0.15) is 12.8 Å².